The molecule has 1 rings (SSSR count). The summed E-state index contributed by atoms with van der Waals surface area (Å²) in [5, 5.41) is 8.53. The van der Waals surface area contributed by atoms with E-state index in [4.69, 9.17) is 5.11 Å². The fraction of sp³-hybridized carbons (Fsp3) is 0.222. The van der Waals surface area contributed by atoms with Crippen LogP contribution >= 0.6 is 0 Å². The lowest BCUT2D eigenvalue weighted by Gasteiger charge is -2.10. The molecule has 0 amide bonds. The highest BCUT2D eigenvalue weighted by atomic mass is 32.2. The molecular formula is C9H7F4NO4S. The average molecular weight is 301 g/mol. The van der Waals surface area contributed by atoms with Crippen LogP contribution in [0.1, 0.15) is 10.4 Å². The zero-order valence-corrected chi connectivity index (χ0v) is 9.85. The number of carboxylic acid groups (broad SMARTS) is 1. The quantitative estimate of drug-likeness (QED) is 0.823. The first-order valence-corrected chi connectivity index (χ1v) is 6.10. The molecule has 106 valence electrons. The van der Waals surface area contributed by atoms with Gasteiger partial charge in [0.1, 0.15) is 17.3 Å². The number of sulfonamides is 1. The first-order valence-electron chi connectivity index (χ1n) is 4.62. The molecular weight excluding hydrogens is 294 g/mol. The summed E-state index contributed by atoms with van der Waals surface area (Å²) in [7, 11) is -4.70. The summed E-state index contributed by atoms with van der Waals surface area (Å²) < 4.78 is 72.9. The summed E-state index contributed by atoms with van der Waals surface area (Å²) in [4.78, 5) is 9.44. The largest absolute Gasteiger partial charge is 0.478 e. The summed E-state index contributed by atoms with van der Waals surface area (Å²) in [6, 6.07) is 1.76. The lowest BCUT2D eigenvalue weighted by molar-refractivity contribution is -0.121. The van der Waals surface area contributed by atoms with Gasteiger partial charge in [0, 0.05) is 0 Å². The Kier molecular flexibility index (Phi) is 4.15. The summed E-state index contributed by atoms with van der Waals surface area (Å²) in [5.74, 6) is -2.94. The maximum Gasteiger partial charge on any atom is 0.402 e. The van der Waals surface area contributed by atoms with E-state index in [9.17, 15) is 30.8 Å². The van der Waals surface area contributed by atoms with Gasteiger partial charge in [0.2, 0.25) is 10.0 Å². The fourth-order valence-corrected chi connectivity index (χ4v) is 2.18. The third-order valence-electron chi connectivity index (χ3n) is 1.93. The molecule has 1 aromatic rings. The molecule has 0 aliphatic heterocycles. The lowest BCUT2D eigenvalue weighted by atomic mass is 10.2. The van der Waals surface area contributed by atoms with Crippen LogP contribution in [0.25, 0.3) is 0 Å². The molecule has 0 spiro atoms. The van der Waals surface area contributed by atoms with Gasteiger partial charge in [-0.25, -0.2) is 22.3 Å². The molecule has 19 heavy (non-hydrogen) atoms. The molecule has 5 nitrogen and oxygen atoms in total. The van der Waals surface area contributed by atoms with Crippen LogP contribution in [-0.2, 0) is 10.0 Å². The van der Waals surface area contributed by atoms with E-state index in [-0.39, 0.29) is 0 Å². The fourth-order valence-electron chi connectivity index (χ4n) is 1.11. The van der Waals surface area contributed by atoms with Crippen LogP contribution in [0, 0.1) is 5.82 Å². The van der Waals surface area contributed by atoms with Crippen LogP contribution < -0.4 is 4.72 Å². The van der Waals surface area contributed by atoms with Crippen molar-refractivity contribution in [1.82, 2.24) is 4.72 Å². The summed E-state index contributed by atoms with van der Waals surface area (Å²) in [6.45, 7) is -1.85. The van der Waals surface area contributed by atoms with Gasteiger partial charge in [0.05, 0.1) is 5.56 Å². The number of carbonyl (C=O) groups is 1. The molecule has 1 aromatic carbocycles. The van der Waals surface area contributed by atoms with Crippen molar-refractivity contribution in [2.45, 2.75) is 11.1 Å². The number of nitrogens with one attached hydrogen (secondary N) is 1. The minimum atomic E-state index is -4.79. The number of benzene rings is 1. The highest BCUT2D eigenvalue weighted by molar-refractivity contribution is 7.89. The predicted molar refractivity (Wildman–Crippen MR) is 54.6 cm³/mol. The molecule has 0 heterocycles. The molecule has 0 aromatic heterocycles. The zero-order chi connectivity index (χ0) is 14.8. The summed E-state index contributed by atoms with van der Waals surface area (Å²) >= 11 is 0. The maximum absolute atomic E-state index is 13.4. The van der Waals surface area contributed by atoms with E-state index in [1.165, 1.54) is 0 Å². The predicted octanol–water partition coefficient (Wildman–Crippen LogP) is 1.36. The normalized spacial score (nSPS) is 12.4. The number of alkyl halides is 3. The Morgan fingerprint density at radius 3 is 2.32 bits per heavy atom. The van der Waals surface area contributed by atoms with Crippen molar-refractivity contribution < 1.29 is 35.9 Å². The van der Waals surface area contributed by atoms with Crippen molar-refractivity contribution in [3.05, 3.63) is 29.6 Å². The first kappa shape index (κ1) is 15.4. The molecule has 0 atom stereocenters. The van der Waals surface area contributed by atoms with Crippen molar-refractivity contribution in [2.75, 3.05) is 6.54 Å². The smallest absolute Gasteiger partial charge is 0.402 e. The number of hydrogen-bond donors (Lipinski definition) is 2. The Hall–Kier alpha value is -1.68. The average Bonchev–Trinajstić information content (AvgIpc) is 2.25. The van der Waals surface area contributed by atoms with E-state index >= 15 is 0 Å². The van der Waals surface area contributed by atoms with Gasteiger partial charge >= 0.3 is 12.1 Å². The molecule has 0 unspecified atom stereocenters. The molecule has 0 fully saturated rings. The minimum Gasteiger partial charge on any atom is -0.478 e. The topological polar surface area (TPSA) is 83.5 Å². The second kappa shape index (κ2) is 5.13. The van der Waals surface area contributed by atoms with Gasteiger partial charge in [-0.3, -0.25) is 0 Å². The van der Waals surface area contributed by atoms with Gasteiger partial charge in [0.25, 0.3) is 0 Å². The number of hydrogen-bond acceptors (Lipinski definition) is 3. The first-order chi connectivity index (χ1) is 8.53. The molecule has 0 saturated heterocycles. The highest BCUT2D eigenvalue weighted by Crippen LogP contribution is 2.18. The maximum atomic E-state index is 13.4. The van der Waals surface area contributed by atoms with Crippen LogP contribution in [0.3, 0.4) is 0 Å². The zero-order valence-electron chi connectivity index (χ0n) is 9.03. The van der Waals surface area contributed by atoms with Gasteiger partial charge in [-0.1, -0.05) is 0 Å². The molecule has 0 aliphatic rings. The number of halogens is 4. The monoisotopic (exact) mass is 301 g/mol. The van der Waals surface area contributed by atoms with Crippen LogP contribution in [0.4, 0.5) is 17.6 Å². The second-order valence-corrected chi connectivity index (χ2v) is 5.13. The van der Waals surface area contributed by atoms with E-state index in [0.717, 1.165) is 10.8 Å². The highest BCUT2D eigenvalue weighted by Gasteiger charge is 2.31. The van der Waals surface area contributed by atoms with Gasteiger partial charge in [-0.15, -0.1) is 0 Å². The number of aromatic carboxylic acids is 1. The van der Waals surface area contributed by atoms with E-state index in [1.807, 2.05) is 0 Å². The van der Waals surface area contributed by atoms with Crippen molar-refractivity contribution in [3.8, 4) is 0 Å². The van der Waals surface area contributed by atoms with Crippen LogP contribution in [0.15, 0.2) is 23.1 Å². The van der Waals surface area contributed by atoms with Gasteiger partial charge in [-0.05, 0) is 18.2 Å². The van der Waals surface area contributed by atoms with E-state index in [1.54, 1.807) is 0 Å². The number of carboxylic acids is 1. The third kappa shape index (κ3) is 4.17. The van der Waals surface area contributed by atoms with Crippen LogP contribution in [-0.4, -0.2) is 32.2 Å². The van der Waals surface area contributed by atoms with Gasteiger partial charge in [0.15, 0.2) is 0 Å². The van der Waals surface area contributed by atoms with Crippen molar-refractivity contribution >= 4 is 16.0 Å². The molecule has 0 radical (unpaired) electrons. The number of rotatable bonds is 4. The molecule has 10 heteroatoms. The van der Waals surface area contributed by atoms with Gasteiger partial charge in [-0.2, -0.15) is 13.2 Å². The second-order valence-electron chi connectivity index (χ2n) is 3.39. The molecule has 2 N–H and O–H groups in total. The Morgan fingerprint density at radius 2 is 1.89 bits per heavy atom. The molecule has 0 saturated carbocycles. The standard InChI is InChI=1S/C9H7F4NO4S/c10-6-3-5(8(15)16)1-2-7(6)19(17,18)14-4-9(11,12)13/h1-3,14H,4H2,(H,15,16). The SMILES string of the molecule is O=C(O)c1ccc(S(=O)(=O)NCC(F)(F)F)c(F)c1. The Morgan fingerprint density at radius 1 is 1.32 bits per heavy atom. The van der Waals surface area contributed by atoms with E-state index < -0.39 is 45.0 Å². The minimum absolute atomic E-state index is 0.407. The third-order valence-corrected chi connectivity index (χ3v) is 3.37. The Balaban J connectivity index is 3.06. The Labute approximate surface area is 104 Å². The van der Waals surface area contributed by atoms with Crippen molar-refractivity contribution in [1.29, 1.82) is 0 Å². The summed E-state index contributed by atoms with van der Waals surface area (Å²) in [6.07, 6.45) is -4.79. The van der Waals surface area contributed by atoms with Crippen LogP contribution in [0.2, 0.25) is 0 Å². The van der Waals surface area contributed by atoms with Crippen molar-refractivity contribution in [2.24, 2.45) is 0 Å². The Bertz CT molecular complexity index is 597. The van der Waals surface area contributed by atoms with E-state index in [2.05, 4.69) is 0 Å². The van der Waals surface area contributed by atoms with E-state index in [0.29, 0.717) is 12.1 Å². The van der Waals surface area contributed by atoms with Crippen LogP contribution in [0.5, 0.6) is 0 Å². The molecule has 0 aliphatic carbocycles. The van der Waals surface area contributed by atoms with Gasteiger partial charge < -0.3 is 5.11 Å². The lowest BCUT2D eigenvalue weighted by Crippen LogP contribution is -2.34. The molecule has 0 bridgehead atoms. The summed E-state index contributed by atoms with van der Waals surface area (Å²) in [5.41, 5.74) is -0.521. The van der Waals surface area contributed by atoms with Crippen molar-refractivity contribution in [3.63, 3.8) is 0 Å².